The molecule has 0 saturated carbocycles. The summed E-state index contributed by atoms with van der Waals surface area (Å²) in [5, 5.41) is 6.20. The first kappa shape index (κ1) is 56.1. The smallest absolute Gasteiger partial charge is 2.00 e. The van der Waals surface area contributed by atoms with Crippen molar-refractivity contribution >= 4 is 64.9 Å². The third-order valence-electron chi connectivity index (χ3n) is 13.1. The van der Waals surface area contributed by atoms with E-state index in [4.69, 9.17) is 7.49 Å². The van der Waals surface area contributed by atoms with Crippen LogP contribution in [0, 0.1) is 71.2 Å². The van der Waals surface area contributed by atoms with E-state index < -0.39 is 88.8 Å². The Balaban J connectivity index is 0.000000231. The normalized spacial score (nSPS) is 12.3. The van der Waals surface area contributed by atoms with Crippen molar-refractivity contribution in [2.45, 2.75) is 47.7 Å². The molecule has 9 aromatic rings. The molecule has 0 aromatic heterocycles. The van der Waals surface area contributed by atoms with Crippen LogP contribution < -0.4 is 0 Å². The first-order valence-electron chi connectivity index (χ1n) is 23.3. The molecule has 0 atom stereocenters. The molecule has 0 amide bonds. The molecular weight excluding hydrogens is 1060 g/mol. The van der Waals surface area contributed by atoms with Gasteiger partial charge in [0, 0.05) is 0 Å². The van der Waals surface area contributed by atoms with Gasteiger partial charge in [-0.25, -0.2) is 11.1 Å². The summed E-state index contributed by atoms with van der Waals surface area (Å²) in [6, 6.07) is 39.5. The third-order valence-corrected chi connectivity index (χ3v) is 14.0. The molecule has 13 heteroatoms. The average molecular weight is 1110 g/mol. The molecular formula is C62H44BF10SiZr. The van der Waals surface area contributed by atoms with Crippen molar-refractivity contribution in [3.63, 3.8) is 0 Å². The molecule has 75 heavy (non-hydrogen) atoms. The number of allylic oxidation sites excluding steroid dienone is 5. The van der Waals surface area contributed by atoms with Gasteiger partial charge in [-0.15, -0.1) is 48.4 Å². The van der Waals surface area contributed by atoms with E-state index in [1.807, 2.05) is 13.8 Å². The van der Waals surface area contributed by atoms with E-state index in [-0.39, 0.29) is 59.5 Å². The molecule has 0 spiro atoms. The van der Waals surface area contributed by atoms with Gasteiger partial charge in [0.25, 0.3) is 0 Å². The molecule has 0 heterocycles. The predicted octanol–water partition coefficient (Wildman–Crippen LogP) is 17.6. The van der Waals surface area contributed by atoms with E-state index >= 15 is 17.6 Å². The Kier molecular flexibility index (Phi) is 17.2. The Morgan fingerprint density at radius 1 is 0.507 bits per heavy atom. The summed E-state index contributed by atoms with van der Waals surface area (Å²) in [6.45, 7) is 13.8. The summed E-state index contributed by atoms with van der Waals surface area (Å²) in [4.78, 5) is 0. The zero-order valence-electron chi connectivity index (χ0n) is 41.6. The number of halogens is 10. The molecule has 0 saturated heterocycles. The van der Waals surface area contributed by atoms with Gasteiger partial charge in [-0.3, -0.25) is 6.08 Å². The monoisotopic (exact) mass is 1110 g/mol. The topological polar surface area (TPSA) is 0 Å². The van der Waals surface area contributed by atoms with Crippen molar-refractivity contribution < 1.29 is 70.1 Å². The fourth-order valence-electron chi connectivity index (χ4n) is 9.29. The second-order valence-corrected chi connectivity index (χ2v) is 20.4. The van der Waals surface area contributed by atoms with Crippen LogP contribution in [0.5, 0.6) is 0 Å². The summed E-state index contributed by atoms with van der Waals surface area (Å²) in [7, 11) is 4.96. The number of hydrogen-bond donors (Lipinski definition) is 0. The van der Waals surface area contributed by atoms with Gasteiger partial charge in [0.15, 0.2) is 0 Å². The van der Waals surface area contributed by atoms with Crippen molar-refractivity contribution in [1.29, 1.82) is 0 Å². The van der Waals surface area contributed by atoms with Gasteiger partial charge in [0.2, 0.25) is 0 Å². The summed E-state index contributed by atoms with van der Waals surface area (Å²) in [5.74, 6) is -22.7. The zero-order chi connectivity index (χ0) is 53.4. The first-order chi connectivity index (χ1) is 35.3. The van der Waals surface area contributed by atoms with Crippen LogP contribution in [0.1, 0.15) is 49.9 Å². The van der Waals surface area contributed by atoms with Crippen LogP contribution in [0.15, 0.2) is 150 Å². The molecule has 1 radical (unpaired) electrons. The third kappa shape index (κ3) is 10.4. The van der Waals surface area contributed by atoms with Crippen molar-refractivity contribution in [3.05, 3.63) is 237 Å². The van der Waals surface area contributed by atoms with Gasteiger partial charge in [-0.2, -0.15) is 12.1 Å². The van der Waals surface area contributed by atoms with Crippen LogP contribution in [-0.4, -0.2) is 27.0 Å². The summed E-state index contributed by atoms with van der Waals surface area (Å²) in [5.41, 5.74) is 3.21. The molecule has 373 valence electrons. The zero-order valence-corrected chi connectivity index (χ0v) is 45.1. The van der Waals surface area contributed by atoms with Crippen LogP contribution in [0.2, 0.25) is 13.1 Å². The van der Waals surface area contributed by atoms with E-state index in [0.29, 0.717) is 10.8 Å². The molecule has 0 fully saturated rings. The Labute approximate surface area is 450 Å². The van der Waals surface area contributed by atoms with Crippen LogP contribution in [0.25, 0.3) is 71.3 Å². The molecule has 0 bridgehead atoms. The second kappa shape index (κ2) is 23.1. The van der Waals surface area contributed by atoms with Gasteiger partial charge in [0.05, 0.1) is 0 Å². The van der Waals surface area contributed by atoms with Gasteiger partial charge in [-0.1, -0.05) is 74.9 Å². The van der Waals surface area contributed by atoms with Crippen molar-refractivity contribution in [2.75, 3.05) is 0 Å². The van der Waals surface area contributed by atoms with Gasteiger partial charge >= 0.3 is 284 Å². The van der Waals surface area contributed by atoms with E-state index in [1.165, 1.54) is 67.2 Å². The summed E-state index contributed by atoms with van der Waals surface area (Å²) < 4.78 is 149. The number of hydrogen-bond acceptors (Lipinski definition) is 0. The van der Waals surface area contributed by atoms with Crippen LogP contribution in [-0.2, 0) is 26.2 Å². The number of benzene rings is 8. The van der Waals surface area contributed by atoms with E-state index in [1.54, 1.807) is 43.4 Å². The minimum absolute atomic E-state index is 0. The first-order valence-corrected chi connectivity index (χ1v) is 25.9. The van der Waals surface area contributed by atoms with Crippen molar-refractivity contribution in [1.82, 2.24) is 0 Å². The van der Waals surface area contributed by atoms with Crippen LogP contribution >= 0.6 is 0 Å². The minimum atomic E-state index is -2.42. The fraction of sp³-hybridized carbons (Fsp3) is 0.113. The maximum atomic E-state index is 15.6. The summed E-state index contributed by atoms with van der Waals surface area (Å²) in [6.07, 6.45) is 5.15. The van der Waals surface area contributed by atoms with Crippen molar-refractivity contribution in [2.24, 2.45) is 0 Å². The maximum absolute atomic E-state index is 15.6. The Bertz CT molecular complexity index is 3810. The SMILES string of the molecule is C[C-]=C(C)C(C)=CC.Cc1cc2c(-c3cccc4ccccc34)cccc2[cH-]1.[B]=C1C(C=[Si](C)C)=C(c2c(F)c(F)c(F)c(F)c2F)c2c1ccc(-c1c(F)c(F)c(F)c(F)c1F)c2-c1cccc2ccccc12.[Zr+2]. The quantitative estimate of drug-likeness (QED) is 0.0389. The predicted molar refractivity (Wildman–Crippen MR) is 285 cm³/mol. The largest absolute Gasteiger partial charge is 2.00 e. The number of fused-ring (bicyclic) bond motifs is 4. The van der Waals surface area contributed by atoms with Crippen molar-refractivity contribution in [3.8, 4) is 33.4 Å². The molecule has 0 N–H and O–H groups in total. The standard InChI is InChI=1S/C34H16BF10Si.C20H15.C8H13.Zr/c1-46(2)12-18-21(23-27(38)31(42)34(45)32(43)28(23)39)20-17(24(18)35)11-10-16(22-25(36)29(40)33(44)30(41)26(22)37)19(20)15-9-5-7-13-6-3-4-8-14(13)15;1-14-12-16-8-5-11-19(20(16)13-14)18-10-4-7-15-6-2-3-9-17(15)18;1-5-7(3)8(4)6-2;/h3-12H,1-2H3;2-13H,1H3;5H,1-4H3;/q;2*-1;+2. The van der Waals surface area contributed by atoms with E-state index in [2.05, 4.69) is 106 Å². The Morgan fingerprint density at radius 3 is 1.45 bits per heavy atom. The van der Waals surface area contributed by atoms with Gasteiger partial charge < -0.3 is 0 Å². The number of rotatable bonds is 6. The van der Waals surface area contributed by atoms with Crippen LogP contribution in [0.3, 0.4) is 0 Å². The Hall–Kier alpha value is -6.69. The molecule has 10 rings (SSSR count). The minimum Gasteiger partial charge on any atom is 2.00 e. The Morgan fingerprint density at radius 2 is 0.947 bits per heavy atom. The van der Waals surface area contributed by atoms with E-state index in [9.17, 15) is 26.3 Å². The van der Waals surface area contributed by atoms with E-state index in [0.717, 1.165) is 12.1 Å². The van der Waals surface area contributed by atoms with Gasteiger partial charge in [-0.05, 0) is 16.3 Å². The van der Waals surface area contributed by atoms with Gasteiger partial charge in [0.1, 0.15) is 0 Å². The second-order valence-electron chi connectivity index (χ2n) is 18.0. The molecule has 0 unspecified atom stereocenters. The van der Waals surface area contributed by atoms with Crippen LogP contribution in [0.4, 0.5) is 43.9 Å². The molecule has 0 aliphatic heterocycles. The molecule has 1 aliphatic carbocycles. The average Bonchev–Trinajstić information content (AvgIpc) is 3.93. The maximum Gasteiger partial charge on any atom is 2.00 e. The number of aryl methyl sites for hydroxylation is 1. The molecule has 1 aliphatic rings. The summed E-state index contributed by atoms with van der Waals surface area (Å²) >= 11 is 0. The molecule has 9 aromatic carbocycles. The fourth-order valence-corrected chi connectivity index (χ4v) is 10.2. The molecule has 0 nitrogen and oxygen atoms in total.